The van der Waals surface area contributed by atoms with Crippen LogP contribution >= 0.6 is 0 Å². The number of benzene rings is 1. The number of esters is 1. The molecule has 106 valence electrons. The number of ether oxygens (including phenoxy) is 1. The number of hydrogen-bond donors (Lipinski definition) is 1. The summed E-state index contributed by atoms with van der Waals surface area (Å²) in [5, 5.41) is 8.95. The van der Waals surface area contributed by atoms with Crippen LogP contribution in [0.15, 0.2) is 18.2 Å². The Hall–Kier alpha value is -1.84. The molecule has 0 unspecified atom stereocenters. The van der Waals surface area contributed by atoms with Crippen molar-refractivity contribution in [3.8, 4) is 0 Å². The minimum Gasteiger partial charge on any atom is -0.478 e. The largest absolute Gasteiger partial charge is 0.478 e. The van der Waals surface area contributed by atoms with Gasteiger partial charge in [-0.3, -0.25) is 0 Å². The molecule has 0 aromatic heterocycles. The van der Waals surface area contributed by atoms with Gasteiger partial charge >= 0.3 is 11.9 Å². The zero-order chi connectivity index (χ0) is 15.2. The summed E-state index contributed by atoms with van der Waals surface area (Å²) in [7, 11) is 0. The van der Waals surface area contributed by atoms with Crippen molar-refractivity contribution in [2.45, 2.75) is 47.1 Å². The molecule has 0 aliphatic carbocycles. The second-order valence-electron chi connectivity index (χ2n) is 4.84. The lowest BCUT2D eigenvalue weighted by atomic mass is 10.0. The molecular weight excluding hydrogens is 244 g/mol. The molecular formula is C15H22O4. The van der Waals surface area contributed by atoms with Gasteiger partial charge in [-0.2, -0.15) is 0 Å². The number of carboxylic acids is 1. The van der Waals surface area contributed by atoms with E-state index in [1.165, 1.54) is 6.07 Å². The van der Waals surface area contributed by atoms with E-state index in [1.54, 1.807) is 39.8 Å². The molecule has 0 radical (unpaired) electrons. The molecule has 0 amide bonds. The van der Waals surface area contributed by atoms with E-state index in [0.29, 0.717) is 5.56 Å². The van der Waals surface area contributed by atoms with Gasteiger partial charge in [-0.05, 0) is 45.4 Å². The van der Waals surface area contributed by atoms with Crippen molar-refractivity contribution >= 4 is 11.9 Å². The van der Waals surface area contributed by atoms with Gasteiger partial charge in [-0.25, -0.2) is 9.59 Å². The van der Waals surface area contributed by atoms with Gasteiger partial charge in [0, 0.05) is 0 Å². The molecule has 1 rings (SSSR count). The van der Waals surface area contributed by atoms with Crippen LogP contribution in [0.2, 0.25) is 0 Å². The second kappa shape index (κ2) is 6.92. The molecule has 0 bridgehead atoms. The Morgan fingerprint density at radius 1 is 1.16 bits per heavy atom. The van der Waals surface area contributed by atoms with E-state index in [9.17, 15) is 9.59 Å². The highest BCUT2D eigenvalue weighted by atomic mass is 16.6. The van der Waals surface area contributed by atoms with Crippen LogP contribution in [0.3, 0.4) is 0 Å². The average molecular weight is 266 g/mol. The highest BCUT2D eigenvalue weighted by molar-refractivity contribution is 5.95. The quantitative estimate of drug-likeness (QED) is 0.829. The SMILES string of the molecule is CC.Cc1ccc(C(=O)OC(C)(C)C)cc1C(=O)O. The Morgan fingerprint density at radius 2 is 1.68 bits per heavy atom. The zero-order valence-electron chi connectivity index (χ0n) is 12.4. The van der Waals surface area contributed by atoms with Crippen LogP contribution in [0.1, 0.15) is 60.9 Å². The molecule has 0 atom stereocenters. The summed E-state index contributed by atoms with van der Waals surface area (Å²) in [5.74, 6) is -1.56. The Bertz CT molecular complexity index is 456. The fraction of sp³-hybridized carbons (Fsp3) is 0.467. The van der Waals surface area contributed by atoms with Crippen molar-refractivity contribution < 1.29 is 19.4 Å². The van der Waals surface area contributed by atoms with Gasteiger partial charge in [-0.15, -0.1) is 0 Å². The van der Waals surface area contributed by atoms with Gasteiger partial charge in [0.1, 0.15) is 5.60 Å². The van der Waals surface area contributed by atoms with Gasteiger partial charge in [0.15, 0.2) is 0 Å². The fourth-order valence-electron chi connectivity index (χ4n) is 1.32. The third-order valence-corrected chi connectivity index (χ3v) is 2.10. The number of hydrogen-bond acceptors (Lipinski definition) is 3. The van der Waals surface area contributed by atoms with E-state index in [1.807, 2.05) is 13.8 Å². The molecule has 0 heterocycles. The van der Waals surface area contributed by atoms with Gasteiger partial charge in [-0.1, -0.05) is 19.9 Å². The van der Waals surface area contributed by atoms with Crippen molar-refractivity contribution in [3.63, 3.8) is 0 Å². The van der Waals surface area contributed by atoms with Crippen LogP contribution in [0.25, 0.3) is 0 Å². The highest BCUT2D eigenvalue weighted by Gasteiger charge is 2.19. The first-order chi connectivity index (χ1) is 8.70. The van der Waals surface area contributed by atoms with E-state index in [2.05, 4.69) is 0 Å². The molecule has 1 N–H and O–H groups in total. The zero-order valence-corrected chi connectivity index (χ0v) is 12.4. The van der Waals surface area contributed by atoms with Crippen molar-refractivity contribution in [2.24, 2.45) is 0 Å². The summed E-state index contributed by atoms with van der Waals surface area (Å²) < 4.78 is 5.17. The monoisotopic (exact) mass is 266 g/mol. The van der Waals surface area contributed by atoms with E-state index >= 15 is 0 Å². The highest BCUT2D eigenvalue weighted by Crippen LogP contribution is 2.15. The Morgan fingerprint density at radius 3 is 2.11 bits per heavy atom. The molecule has 0 spiro atoms. The number of carbonyl (C=O) groups is 2. The van der Waals surface area contributed by atoms with E-state index in [0.717, 1.165) is 0 Å². The molecule has 0 fully saturated rings. The van der Waals surface area contributed by atoms with Crippen molar-refractivity contribution in [1.29, 1.82) is 0 Å². The smallest absolute Gasteiger partial charge is 0.338 e. The summed E-state index contributed by atoms with van der Waals surface area (Å²) in [6, 6.07) is 4.50. The number of carboxylic acid groups (broad SMARTS) is 1. The first-order valence-electron chi connectivity index (χ1n) is 6.28. The lowest BCUT2D eigenvalue weighted by Gasteiger charge is -2.19. The lowest BCUT2D eigenvalue weighted by molar-refractivity contribution is 0.00695. The topological polar surface area (TPSA) is 63.6 Å². The molecule has 0 saturated heterocycles. The predicted molar refractivity (Wildman–Crippen MR) is 74.7 cm³/mol. The first-order valence-corrected chi connectivity index (χ1v) is 6.28. The number of rotatable bonds is 2. The Balaban J connectivity index is 0.00000154. The maximum atomic E-state index is 11.7. The van der Waals surface area contributed by atoms with Crippen LogP contribution in [0, 0.1) is 6.92 Å². The lowest BCUT2D eigenvalue weighted by Crippen LogP contribution is -2.24. The van der Waals surface area contributed by atoms with Crippen LogP contribution in [0.5, 0.6) is 0 Å². The third kappa shape index (κ3) is 5.55. The summed E-state index contributed by atoms with van der Waals surface area (Å²) >= 11 is 0. The van der Waals surface area contributed by atoms with Crippen LogP contribution in [-0.4, -0.2) is 22.6 Å². The minimum absolute atomic E-state index is 0.119. The molecule has 1 aromatic carbocycles. The van der Waals surface area contributed by atoms with E-state index in [-0.39, 0.29) is 11.1 Å². The van der Waals surface area contributed by atoms with Crippen LogP contribution < -0.4 is 0 Å². The number of aromatic carboxylic acids is 1. The van der Waals surface area contributed by atoms with Crippen LogP contribution in [-0.2, 0) is 4.74 Å². The van der Waals surface area contributed by atoms with Crippen LogP contribution in [0.4, 0.5) is 0 Å². The van der Waals surface area contributed by atoms with Gasteiger partial charge in [0.05, 0.1) is 11.1 Å². The summed E-state index contributed by atoms with van der Waals surface area (Å²) in [4.78, 5) is 22.7. The fourth-order valence-corrected chi connectivity index (χ4v) is 1.32. The molecule has 19 heavy (non-hydrogen) atoms. The predicted octanol–water partition coefficient (Wildman–Crippen LogP) is 3.67. The van der Waals surface area contributed by atoms with Crippen molar-refractivity contribution in [3.05, 3.63) is 34.9 Å². The molecule has 0 aliphatic rings. The average Bonchev–Trinajstić information content (AvgIpc) is 2.29. The van der Waals surface area contributed by atoms with Crippen molar-refractivity contribution in [1.82, 2.24) is 0 Å². The number of aryl methyl sites for hydroxylation is 1. The maximum Gasteiger partial charge on any atom is 0.338 e. The molecule has 4 heteroatoms. The minimum atomic E-state index is -1.05. The number of carbonyl (C=O) groups excluding carboxylic acids is 1. The Labute approximate surface area is 114 Å². The summed E-state index contributed by atoms with van der Waals surface area (Å²) in [6.45, 7) is 11.0. The van der Waals surface area contributed by atoms with Gasteiger partial charge in [0.25, 0.3) is 0 Å². The molecule has 0 saturated carbocycles. The molecule has 4 nitrogen and oxygen atoms in total. The molecule has 1 aromatic rings. The van der Waals surface area contributed by atoms with Gasteiger partial charge < -0.3 is 9.84 Å². The first kappa shape index (κ1) is 17.2. The standard InChI is InChI=1S/C13H16O4.C2H6/c1-8-5-6-9(7-10(8)11(14)15)12(16)17-13(2,3)4;1-2/h5-7H,1-4H3,(H,14,15);1-2H3. The molecule has 0 aliphatic heterocycles. The Kier molecular flexibility index (Phi) is 6.25. The van der Waals surface area contributed by atoms with E-state index < -0.39 is 17.5 Å². The maximum absolute atomic E-state index is 11.7. The van der Waals surface area contributed by atoms with E-state index in [4.69, 9.17) is 9.84 Å². The summed E-state index contributed by atoms with van der Waals surface area (Å²) in [5.41, 5.74) is 0.395. The normalized spacial score (nSPS) is 10.2. The van der Waals surface area contributed by atoms with Crippen molar-refractivity contribution in [2.75, 3.05) is 0 Å². The second-order valence-corrected chi connectivity index (χ2v) is 4.84. The van der Waals surface area contributed by atoms with Gasteiger partial charge in [0.2, 0.25) is 0 Å². The summed E-state index contributed by atoms with van der Waals surface area (Å²) in [6.07, 6.45) is 0. The third-order valence-electron chi connectivity index (χ3n) is 2.10.